The lowest BCUT2D eigenvalue weighted by atomic mass is 10.2. The van der Waals surface area contributed by atoms with Gasteiger partial charge in [0.25, 0.3) is 11.7 Å². The van der Waals surface area contributed by atoms with Gasteiger partial charge in [0, 0.05) is 11.3 Å². The molecule has 0 bridgehead atoms. The van der Waals surface area contributed by atoms with E-state index >= 15 is 0 Å². The van der Waals surface area contributed by atoms with Crippen LogP contribution in [0.25, 0.3) is 0 Å². The van der Waals surface area contributed by atoms with Crippen LogP contribution in [0.5, 0.6) is 0 Å². The van der Waals surface area contributed by atoms with Crippen LogP contribution >= 0.6 is 0 Å². The number of carbonyl (C=O) groups is 1. The molecule has 0 aliphatic heterocycles. The Bertz CT molecular complexity index is 511. The number of carbonyl (C=O) groups excluding carboxylic acids is 1. The maximum absolute atomic E-state index is 13.2. The van der Waals surface area contributed by atoms with Gasteiger partial charge in [0.15, 0.2) is 0 Å². The van der Waals surface area contributed by atoms with Crippen molar-refractivity contribution in [2.75, 3.05) is 5.32 Å². The minimum absolute atomic E-state index is 0.0938. The molecule has 1 aromatic heterocycles. The molecule has 0 saturated heterocycles. The lowest BCUT2D eigenvalue weighted by Crippen LogP contribution is -2.14. The Morgan fingerprint density at radius 3 is 3.00 bits per heavy atom. The molecule has 1 aromatic carbocycles. The maximum atomic E-state index is 13.2. The number of aromatic nitrogens is 4. The molecule has 2 N–H and O–H groups in total. The Hall–Kier alpha value is -2.31. The molecule has 0 saturated carbocycles. The second-order valence-electron chi connectivity index (χ2n) is 3.10. The standard InChI is InChI=1S/C9H8FN5O/c1-5-6(10)3-2-4-7(5)11-9(16)8-12-14-15-13-8/h2-4H,1H3,(H,11,16)(H,12,13,14,15). The smallest absolute Gasteiger partial charge is 0.297 e. The van der Waals surface area contributed by atoms with Crippen molar-refractivity contribution in [2.45, 2.75) is 6.92 Å². The summed E-state index contributed by atoms with van der Waals surface area (Å²) in [6.45, 7) is 1.57. The van der Waals surface area contributed by atoms with Crippen LogP contribution < -0.4 is 5.32 Å². The largest absolute Gasteiger partial charge is 0.319 e. The zero-order valence-corrected chi connectivity index (χ0v) is 8.36. The number of nitrogens with one attached hydrogen (secondary N) is 2. The predicted octanol–water partition coefficient (Wildman–Crippen LogP) is 0.900. The van der Waals surface area contributed by atoms with Gasteiger partial charge in [-0.1, -0.05) is 6.07 Å². The summed E-state index contributed by atoms with van der Waals surface area (Å²) in [5, 5.41) is 14.9. The maximum Gasteiger partial charge on any atom is 0.297 e. The first-order valence-electron chi connectivity index (χ1n) is 4.48. The van der Waals surface area contributed by atoms with Crippen molar-refractivity contribution in [1.29, 1.82) is 0 Å². The fourth-order valence-corrected chi connectivity index (χ4v) is 1.18. The van der Waals surface area contributed by atoms with Crippen LogP contribution in [0, 0.1) is 12.7 Å². The monoisotopic (exact) mass is 221 g/mol. The van der Waals surface area contributed by atoms with E-state index in [4.69, 9.17) is 0 Å². The molecule has 2 rings (SSSR count). The third kappa shape index (κ3) is 1.88. The summed E-state index contributed by atoms with van der Waals surface area (Å²) in [6.07, 6.45) is 0. The normalized spacial score (nSPS) is 10.1. The van der Waals surface area contributed by atoms with Crippen LogP contribution in [-0.2, 0) is 0 Å². The number of H-pyrrole nitrogens is 1. The first-order chi connectivity index (χ1) is 7.68. The van der Waals surface area contributed by atoms with E-state index in [9.17, 15) is 9.18 Å². The predicted molar refractivity (Wildman–Crippen MR) is 53.3 cm³/mol. The summed E-state index contributed by atoms with van der Waals surface area (Å²) in [5.74, 6) is -1.02. The molecule has 82 valence electrons. The van der Waals surface area contributed by atoms with Crippen molar-refractivity contribution in [3.05, 3.63) is 35.4 Å². The number of nitrogens with zero attached hydrogens (tertiary/aromatic N) is 3. The van der Waals surface area contributed by atoms with Crippen molar-refractivity contribution in [3.63, 3.8) is 0 Å². The number of hydrogen-bond acceptors (Lipinski definition) is 4. The van der Waals surface area contributed by atoms with E-state index < -0.39 is 5.91 Å². The lowest BCUT2D eigenvalue weighted by molar-refractivity contribution is 0.101. The van der Waals surface area contributed by atoms with Crippen LogP contribution in [-0.4, -0.2) is 26.5 Å². The van der Waals surface area contributed by atoms with Crippen LogP contribution in [0.4, 0.5) is 10.1 Å². The second kappa shape index (κ2) is 4.05. The van der Waals surface area contributed by atoms with Gasteiger partial charge in [-0.25, -0.2) is 4.39 Å². The minimum atomic E-state index is -0.539. The van der Waals surface area contributed by atoms with E-state index in [2.05, 4.69) is 25.9 Å². The molecule has 16 heavy (non-hydrogen) atoms. The molecule has 0 fully saturated rings. The number of anilines is 1. The van der Waals surface area contributed by atoms with Crippen molar-refractivity contribution in [3.8, 4) is 0 Å². The van der Waals surface area contributed by atoms with Crippen LogP contribution in [0.2, 0.25) is 0 Å². The summed E-state index contributed by atoms with van der Waals surface area (Å²) < 4.78 is 13.2. The highest BCUT2D eigenvalue weighted by molar-refractivity contribution is 6.01. The van der Waals surface area contributed by atoms with E-state index in [1.165, 1.54) is 12.1 Å². The highest BCUT2D eigenvalue weighted by Crippen LogP contribution is 2.17. The van der Waals surface area contributed by atoms with Crippen molar-refractivity contribution < 1.29 is 9.18 Å². The Labute approximate surface area is 89.9 Å². The summed E-state index contributed by atoms with van der Waals surface area (Å²) in [4.78, 5) is 11.5. The number of benzene rings is 1. The number of amides is 1. The van der Waals surface area contributed by atoms with Gasteiger partial charge in [-0.2, -0.15) is 5.21 Å². The number of aromatic amines is 1. The lowest BCUT2D eigenvalue weighted by Gasteiger charge is -2.06. The quantitative estimate of drug-likeness (QED) is 0.789. The zero-order chi connectivity index (χ0) is 11.5. The van der Waals surface area contributed by atoms with Crippen molar-refractivity contribution >= 4 is 11.6 Å². The molecule has 2 aromatic rings. The Morgan fingerprint density at radius 2 is 2.31 bits per heavy atom. The van der Waals surface area contributed by atoms with Gasteiger partial charge < -0.3 is 5.32 Å². The zero-order valence-electron chi connectivity index (χ0n) is 8.36. The van der Waals surface area contributed by atoms with Gasteiger partial charge in [0.05, 0.1) is 0 Å². The number of tetrazole rings is 1. The first-order valence-corrected chi connectivity index (χ1v) is 4.48. The molecule has 7 heteroatoms. The number of hydrogen-bond donors (Lipinski definition) is 2. The molecular formula is C9H8FN5O. The van der Waals surface area contributed by atoms with Crippen LogP contribution in [0.15, 0.2) is 18.2 Å². The fourth-order valence-electron chi connectivity index (χ4n) is 1.18. The van der Waals surface area contributed by atoms with Gasteiger partial charge in [0.1, 0.15) is 5.82 Å². The summed E-state index contributed by atoms with van der Waals surface area (Å²) >= 11 is 0. The molecular weight excluding hydrogens is 213 g/mol. The SMILES string of the molecule is Cc1c(F)cccc1NC(=O)c1nn[nH]n1. The summed E-state index contributed by atoms with van der Waals surface area (Å²) in [6, 6.07) is 4.42. The molecule has 1 amide bonds. The fraction of sp³-hybridized carbons (Fsp3) is 0.111. The van der Waals surface area contributed by atoms with Crippen molar-refractivity contribution in [2.24, 2.45) is 0 Å². The molecule has 0 aliphatic rings. The van der Waals surface area contributed by atoms with Gasteiger partial charge in [0.2, 0.25) is 0 Å². The van der Waals surface area contributed by atoms with Crippen LogP contribution in [0.3, 0.4) is 0 Å². The van der Waals surface area contributed by atoms with Gasteiger partial charge in [-0.3, -0.25) is 4.79 Å². The van der Waals surface area contributed by atoms with E-state index in [1.807, 2.05) is 0 Å². The number of rotatable bonds is 2. The van der Waals surface area contributed by atoms with Gasteiger partial charge >= 0.3 is 0 Å². The Kier molecular flexibility index (Phi) is 2.59. The average Bonchev–Trinajstić information content (AvgIpc) is 2.78. The topological polar surface area (TPSA) is 83.6 Å². The molecule has 0 spiro atoms. The molecule has 6 nitrogen and oxygen atoms in total. The van der Waals surface area contributed by atoms with Crippen molar-refractivity contribution in [1.82, 2.24) is 20.6 Å². The Balaban J connectivity index is 2.22. The third-order valence-corrected chi connectivity index (χ3v) is 2.06. The highest BCUT2D eigenvalue weighted by atomic mass is 19.1. The first kappa shape index (κ1) is 10.2. The van der Waals surface area contributed by atoms with Crippen LogP contribution in [0.1, 0.15) is 16.2 Å². The molecule has 1 heterocycles. The third-order valence-electron chi connectivity index (χ3n) is 2.06. The average molecular weight is 221 g/mol. The highest BCUT2D eigenvalue weighted by Gasteiger charge is 2.12. The Morgan fingerprint density at radius 1 is 1.50 bits per heavy atom. The number of halogens is 1. The van der Waals surface area contributed by atoms with E-state index in [1.54, 1.807) is 13.0 Å². The second-order valence-corrected chi connectivity index (χ2v) is 3.10. The summed E-state index contributed by atoms with van der Waals surface area (Å²) in [7, 11) is 0. The van der Waals surface area contributed by atoms with E-state index in [0.717, 1.165) is 0 Å². The van der Waals surface area contributed by atoms with Gasteiger partial charge in [-0.15, -0.1) is 10.2 Å². The molecule has 0 unspecified atom stereocenters. The molecule has 0 radical (unpaired) electrons. The molecule has 0 atom stereocenters. The van der Waals surface area contributed by atoms with E-state index in [0.29, 0.717) is 11.3 Å². The summed E-state index contributed by atoms with van der Waals surface area (Å²) in [5.41, 5.74) is 0.745. The minimum Gasteiger partial charge on any atom is -0.319 e. The van der Waals surface area contributed by atoms with E-state index in [-0.39, 0.29) is 11.6 Å². The van der Waals surface area contributed by atoms with Gasteiger partial charge in [-0.05, 0) is 24.3 Å². The molecule has 0 aliphatic carbocycles.